The summed E-state index contributed by atoms with van der Waals surface area (Å²) < 4.78 is 10.4. The Bertz CT molecular complexity index is 1480. The number of hydrogen-bond donors (Lipinski definition) is 4. The van der Waals surface area contributed by atoms with Crippen molar-refractivity contribution in [3.63, 3.8) is 0 Å². The summed E-state index contributed by atoms with van der Waals surface area (Å²) in [6, 6.07) is 12.1. The molecule has 0 aliphatic rings. The van der Waals surface area contributed by atoms with Crippen LogP contribution in [0.2, 0.25) is 0 Å². The van der Waals surface area contributed by atoms with E-state index in [4.69, 9.17) is 9.15 Å². The molecule has 16 heteroatoms. The second-order valence-electron chi connectivity index (χ2n) is 7.38. The number of non-ortho nitro benzene ring substituents is 1. The van der Waals surface area contributed by atoms with Gasteiger partial charge in [0.1, 0.15) is 11.5 Å². The van der Waals surface area contributed by atoms with E-state index in [1.165, 1.54) is 6.26 Å². The number of aromatic nitrogens is 3. The van der Waals surface area contributed by atoms with Crippen LogP contribution in [-0.4, -0.2) is 43.2 Å². The maximum Gasteiger partial charge on any atom is 0.318 e. The van der Waals surface area contributed by atoms with Crippen LogP contribution < -0.4 is 20.8 Å². The van der Waals surface area contributed by atoms with Gasteiger partial charge in [-0.2, -0.15) is 20.1 Å². The smallest absolute Gasteiger partial charge is 0.318 e. The van der Waals surface area contributed by atoms with Gasteiger partial charge in [0.15, 0.2) is 0 Å². The molecule has 0 radical (unpaired) electrons. The van der Waals surface area contributed by atoms with Gasteiger partial charge < -0.3 is 24.9 Å². The van der Waals surface area contributed by atoms with Gasteiger partial charge in [0.2, 0.25) is 23.6 Å². The summed E-state index contributed by atoms with van der Waals surface area (Å²) in [6.45, 7) is 0.271. The summed E-state index contributed by atoms with van der Waals surface area (Å²) in [7, 11) is 1.55. The fourth-order valence-corrected chi connectivity index (χ4v) is 3.07. The molecule has 0 amide bonds. The highest BCUT2D eigenvalue weighted by Crippen LogP contribution is 2.33. The predicted octanol–water partition coefficient (Wildman–Crippen LogP) is 3.80. The van der Waals surface area contributed by atoms with E-state index in [2.05, 4.69) is 36.1 Å². The molecule has 4 aromatic rings. The van der Waals surface area contributed by atoms with Gasteiger partial charge in [-0.3, -0.25) is 20.2 Å². The molecule has 0 bridgehead atoms. The summed E-state index contributed by atoms with van der Waals surface area (Å²) >= 11 is 0. The number of anilines is 4. The van der Waals surface area contributed by atoms with Gasteiger partial charge in [-0.15, -0.1) is 0 Å². The van der Waals surface area contributed by atoms with Crippen LogP contribution in [0, 0.1) is 20.2 Å². The fourth-order valence-electron chi connectivity index (χ4n) is 3.07. The van der Waals surface area contributed by atoms with Crippen molar-refractivity contribution in [3.8, 4) is 11.5 Å². The lowest BCUT2D eigenvalue weighted by Gasteiger charge is -2.10. The third-order valence-corrected chi connectivity index (χ3v) is 4.86. The monoisotopic (exact) mass is 521 g/mol. The van der Waals surface area contributed by atoms with E-state index in [-0.39, 0.29) is 30.0 Å². The number of phenols is 1. The number of rotatable bonds is 11. The highest BCUT2D eigenvalue weighted by molar-refractivity contribution is 5.87. The molecule has 4 N–H and O–H groups in total. The van der Waals surface area contributed by atoms with E-state index < -0.39 is 27.0 Å². The lowest BCUT2D eigenvalue weighted by atomic mass is 10.1. The van der Waals surface area contributed by atoms with Crippen molar-refractivity contribution in [2.24, 2.45) is 5.10 Å². The van der Waals surface area contributed by atoms with Crippen LogP contribution >= 0.6 is 0 Å². The Labute approximate surface area is 213 Å². The van der Waals surface area contributed by atoms with Crippen molar-refractivity contribution < 1.29 is 24.1 Å². The van der Waals surface area contributed by atoms with Gasteiger partial charge >= 0.3 is 5.69 Å². The van der Waals surface area contributed by atoms with E-state index >= 15 is 0 Å². The van der Waals surface area contributed by atoms with Crippen molar-refractivity contribution in [2.75, 3.05) is 23.2 Å². The standard InChI is InChI=1S/C22H19N9O7/c1-37-16-6-4-14(5-7-16)25-21-26-20(23-12-17-3-2-8-38-17)27-22(28-21)29-24-11-13-9-15(30(33)34)10-18(19(13)32)31(35)36/h2-11,32H,12H2,1H3,(H3,23,25,26,27,28,29)/b24-11-. The SMILES string of the molecule is COc1ccc(Nc2nc(NCc3ccco3)nc(N/N=C\c3cc([N+](=O)[O-])cc([N+](=O)[O-])c3O)n2)cc1. The molecular weight excluding hydrogens is 502 g/mol. The number of nitrogens with one attached hydrogen (secondary N) is 3. The van der Waals surface area contributed by atoms with Crippen molar-refractivity contribution in [3.05, 3.63) is 86.3 Å². The summed E-state index contributed by atoms with van der Waals surface area (Å²) in [6.07, 6.45) is 2.49. The van der Waals surface area contributed by atoms with Gasteiger partial charge in [0, 0.05) is 11.8 Å². The molecule has 0 aliphatic heterocycles. The minimum atomic E-state index is -0.937. The molecule has 38 heavy (non-hydrogen) atoms. The maximum atomic E-state index is 11.2. The van der Waals surface area contributed by atoms with E-state index in [9.17, 15) is 25.3 Å². The number of nitro benzene ring substituents is 2. The molecule has 2 aromatic carbocycles. The molecule has 4 rings (SSSR count). The van der Waals surface area contributed by atoms with E-state index in [1.54, 1.807) is 43.5 Å². The minimum absolute atomic E-state index is 0.0476. The van der Waals surface area contributed by atoms with Crippen LogP contribution in [-0.2, 0) is 6.54 Å². The first-order chi connectivity index (χ1) is 18.3. The van der Waals surface area contributed by atoms with E-state index in [0.29, 0.717) is 23.3 Å². The molecular formula is C22H19N9O7. The van der Waals surface area contributed by atoms with Crippen LogP contribution in [0.5, 0.6) is 11.5 Å². The van der Waals surface area contributed by atoms with Gasteiger partial charge in [-0.25, -0.2) is 5.43 Å². The van der Waals surface area contributed by atoms with Crippen molar-refractivity contribution in [1.82, 2.24) is 15.0 Å². The average Bonchev–Trinajstić information content (AvgIpc) is 3.42. The molecule has 2 aromatic heterocycles. The summed E-state index contributed by atoms with van der Waals surface area (Å²) in [5, 5.41) is 42.3. The normalized spacial score (nSPS) is 10.8. The molecule has 0 aliphatic carbocycles. The molecule has 194 valence electrons. The third-order valence-electron chi connectivity index (χ3n) is 4.86. The third kappa shape index (κ3) is 6.25. The number of hydrogen-bond acceptors (Lipinski definition) is 14. The number of hydrazone groups is 1. The average molecular weight is 521 g/mol. The van der Waals surface area contributed by atoms with Crippen LogP contribution in [0.15, 0.2) is 64.3 Å². The number of benzene rings is 2. The number of furan rings is 1. The Morgan fingerprint density at radius 2 is 1.79 bits per heavy atom. The first-order valence-electron chi connectivity index (χ1n) is 10.7. The number of nitrogens with zero attached hydrogens (tertiary/aromatic N) is 6. The zero-order valence-electron chi connectivity index (χ0n) is 19.6. The molecule has 0 fully saturated rings. The second-order valence-corrected chi connectivity index (χ2v) is 7.38. The first-order valence-corrected chi connectivity index (χ1v) is 10.7. The van der Waals surface area contributed by atoms with Gasteiger partial charge in [0.05, 0.1) is 47.6 Å². The number of nitro groups is 2. The zero-order valence-corrected chi connectivity index (χ0v) is 19.6. The molecule has 0 saturated carbocycles. The Kier molecular flexibility index (Phi) is 7.52. The topological polar surface area (TPSA) is 216 Å². The van der Waals surface area contributed by atoms with Gasteiger partial charge in [0.25, 0.3) is 5.69 Å². The second kappa shape index (κ2) is 11.3. The summed E-state index contributed by atoms with van der Waals surface area (Å²) in [5.41, 5.74) is 1.49. The Hall–Kier alpha value is -5.80. The van der Waals surface area contributed by atoms with Crippen LogP contribution in [0.3, 0.4) is 0 Å². The maximum absolute atomic E-state index is 11.2. The highest BCUT2D eigenvalue weighted by Gasteiger charge is 2.23. The molecule has 0 spiro atoms. The lowest BCUT2D eigenvalue weighted by molar-refractivity contribution is -0.394. The van der Waals surface area contributed by atoms with Gasteiger partial charge in [-0.05, 0) is 36.4 Å². The number of aromatic hydroxyl groups is 1. The molecule has 0 saturated heterocycles. The molecule has 16 nitrogen and oxygen atoms in total. The Balaban J connectivity index is 1.59. The number of methoxy groups -OCH3 is 1. The van der Waals surface area contributed by atoms with Crippen LogP contribution in [0.1, 0.15) is 11.3 Å². The number of phenolic OH excluding ortho intramolecular Hbond substituents is 1. The summed E-state index contributed by atoms with van der Waals surface area (Å²) in [5.74, 6) is 0.745. The first kappa shape index (κ1) is 25.3. The zero-order chi connectivity index (χ0) is 27.1. The largest absolute Gasteiger partial charge is 0.502 e. The predicted molar refractivity (Wildman–Crippen MR) is 135 cm³/mol. The lowest BCUT2D eigenvalue weighted by Crippen LogP contribution is -2.09. The molecule has 2 heterocycles. The fraction of sp³-hybridized carbons (Fsp3) is 0.0909. The highest BCUT2D eigenvalue weighted by atomic mass is 16.6. The Morgan fingerprint density at radius 1 is 1.05 bits per heavy atom. The molecule has 0 atom stereocenters. The number of ether oxygens (including phenoxy) is 1. The Morgan fingerprint density at radius 3 is 2.45 bits per heavy atom. The van der Waals surface area contributed by atoms with Crippen LogP contribution in [0.4, 0.5) is 34.9 Å². The van der Waals surface area contributed by atoms with E-state index in [0.717, 1.165) is 12.3 Å². The van der Waals surface area contributed by atoms with Crippen molar-refractivity contribution >= 4 is 41.1 Å². The van der Waals surface area contributed by atoms with Crippen molar-refractivity contribution in [1.29, 1.82) is 0 Å². The van der Waals surface area contributed by atoms with Gasteiger partial charge in [-0.1, -0.05) is 0 Å². The summed E-state index contributed by atoms with van der Waals surface area (Å²) in [4.78, 5) is 33.3. The quantitative estimate of drug-likeness (QED) is 0.126. The van der Waals surface area contributed by atoms with Crippen molar-refractivity contribution in [2.45, 2.75) is 6.54 Å². The van der Waals surface area contributed by atoms with E-state index in [1.807, 2.05) is 0 Å². The van der Waals surface area contributed by atoms with Crippen LogP contribution in [0.25, 0.3) is 0 Å². The molecule has 0 unspecified atom stereocenters. The minimum Gasteiger partial charge on any atom is -0.502 e.